The van der Waals surface area contributed by atoms with Crippen molar-refractivity contribution in [3.05, 3.63) is 77.1 Å². The fraction of sp³-hybridized carbons (Fsp3) is 0.333. The van der Waals surface area contributed by atoms with E-state index in [1.807, 2.05) is 52.0 Å². The molecule has 4 rings (SSSR count). The summed E-state index contributed by atoms with van der Waals surface area (Å²) in [6, 6.07) is 13.9. The van der Waals surface area contributed by atoms with E-state index in [1.54, 1.807) is 19.2 Å². The zero-order chi connectivity index (χ0) is 24.0. The minimum atomic E-state index is -0.313. The van der Waals surface area contributed by atoms with E-state index in [2.05, 4.69) is 4.98 Å². The Bertz CT molecular complexity index is 1170. The molecule has 0 bridgehead atoms. The van der Waals surface area contributed by atoms with Crippen molar-refractivity contribution in [3.8, 4) is 17.0 Å². The molecule has 6 heteroatoms. The predicted octanol–water partition coefficient (Wildman–Crippen LogP) is 6.46. The van der Waals surface area contributed by atoms with Gasteiger partial charge in [0.2, 0.25) is 5.88 Å². The molecule has 0 unspecified atom stereocenters. The van der Waals surface area contributed by atoms with Crippen LogP contribution in [0.25, 0.3) is 22.2 Å². The molecule has 0 radical (unpaired) electrons. The van der Waals surface area contributed by atoms with Gasteiger partial charge >= 0.3 is 0 Å². The molecule has 1 N–H and O–H groups in total. The Balaban J connectivity index is 0.00000149. The van der Waals surface area contributed by atoms with Gasteiger partial charge in [-0.15, -0.1) is 0 Å². The average molecular weight is 451 g/mol. The smallest absolute Gasteiger partial charge is 0.217 e. The first-order chi connectivity index (χ1) is 16.0. The maximum absolute atomic E-state index is 13.6. The van der Waals surface area contributed by atoms with Crippen molar-refractivity contribution >= 4 is 11.1 Å². The van der Waals surface area contributed by atoms with E-state index in [0.717, 1.165) is 39.0 Å². The maximum atomic E-state index is 13.6. The lowest BCUT2D eigenvalue weighted by atomic mass is 9.89. The van der Waals surface area contributed by atoms with Gasteiger partial charge in [0, 0.05) is 17.5 Å². The minimum Gasteiger partial charge on any atom is -0.481 e. The average Bonchev–Trinajstić information content (AvgIpc) is 3.26. The first kappa shape index (κ1) is 24.4. The largest absolute Gasteiger partial charge is 0.481 e. The summed E-state index contributed by atoms with van der Waals surface area (Å²) < 4.78 is 25.1. The highest BCUT2D eigenvalue weighted by Crippen LogP contribution is 2.38. The first-order valence-corrected chi connectivity index (χ1v) is 11.3. The molecule has 0 amide bonds. The second-order valence-electron chi connectivity index (χ2n) is 7.73. The van der Waals surface area contributed by atoms with Crippen LogP contribution in [0.3, 0.4) is 0 Å². The van der Waals surface area contributed by atoms with E-state index in [1.165, 1.54) is 12.1 Å². The van der Waals surface area contributed by atoms with Gasteiger partial charge in [-0.05, 0) is 47.7 Å². The third-order valence-electron chi connectivity index (χ3n) is 5.35. The predicted molar refractivity (Wildman–Crippen MR) is 129 cm³/mol. The van der Waals surface area contributed by atoms with Crippen LogP contribution in [0.15, 0.2) is 52.9 Å². The van der Waals surface area contributed by atoms with Crippen molar-refractivity contribution < 1.29 is 18.7 Å². The van der Waals surface area contributed by atoms with Gasteiger partial charge in [0.25, 0.3) is 0 Å². The number of oxazole rings is 1. The SMILES string of the molecule is CC.COc1nc(C(C)C)c(CO)c(-c2ccc(F)cc2)c1CCc1nc2ccccc2o1. The lowest BCUT2D eigenvalue weighted by molar-refractivity contribution is 0.279. The normalized spacial score (nSPS) is 10.9. The number of ether oxygens (including phenoxy) is 1. The van der Waals surface area contributed by atoms with Crippen LogP contribution in [0.1, 0.15) is 56.3 Å². The summed E-state index contributed by atoms with van der Waals surface area (Å²) in [6.07, 6.45) is 1.08. The number of hydrogen-bond acceptors (Lipinski definition) is 5. The molecule has 5 nitrogen and oxygen atoms in total. The van der Waals surface area contributed by atoms with Gasteiger partial charge in [0.15, 0.2) is 11.5 Å². The van der Waals surface area contributed by atoms with Crippen LogP contribution in [0.2, 0.25) is 0 Å². The van der Waals surface area contributed by atoms with Crippen LogP contribution in [0.4, 0.5) is 4.39 Å². The van der Waals surface area contributed by atoms with Crippen LogP contribution in [0, 0.1) is 5.82 Å². The first-order valence-electron chi connectivity index (χ1n) is 11.3. The number of hydrogen-bond donors (Lipinski definition) is 1. The van der Waals surface area contributed by atoms with Crippen molar-refractivity contribution in [1.29, 1.82) is 0 Å². The van der Waals surface area contributed by atoms with Crippen LogP contribution in [-0.4, -0.2) is 22.2 Å². The molecule has 4 aromatic rings. The second-order valence-corrected chi connectivity index (χ2v) is 7.73. The van der Waals surface area contributed by atoms with E-state index in [0.29, 0.717) is 24.6 Å². The molecule has 0 aliphatic rings. The summed E-state index contributed by atoms with van der Waals surface area (Å²) in [4.78, 5) is 9.27. The van der Waals surface area contributed by atoms with Crippen molar-refractivity contribution in [2.75, 3.05) is 7.11 Å². The highest BCUT2D eigenvalue weighted by atomic mass is 19.1. The number of nitrogens with zero attached hydrogens (tertiary/aromatic N) is 2. The molecule has 2 heterocycles. The van der Waals surface area contributed by atoms with Crippen molar-refractivity contribution in [2.24, 2.45) is 0 Å². The van der Waals surface area contributed by atoms with Crippen molar-refractivity contribution in [1.82, 2.24) is 9.97 Å². The van der Waals surface area contributed by atoms with Crippen LogP contribution in [-0.2, 0) is 19.4 Å². The zero-order valence-corrected chi connectivity index (χ0v) is 19.9. The number of methoxy groups -OCH3 is 1. The molecule has 0 aliphatic heterocycles. The third-order valence-corrected chi connectivity index (χ3v) is 5.35. The molecule has 0 aliphatic carbocycles. The fourth-order valence-corrected chi connectivity index (χ4v) is 3.92. The fourth-order valence-electron chi connectivity index (χ4n) is 3.92. The molecule has 174 valence electrons. The van der Waals surface area contributed by atoms with Gasteiger partial charge in [-0.2, -0.15) is 0 Å². The Labute approximate surface area is 194 Å². The third kappa shape index (κ3) is 5.22. The Morgan fingerprint density at radius 1 is 0.970 bits per heavy atom. The molecule has 0 saturated carbocycles. The van der Waals surface area contributed by atoms with E-state index >= 15 is 0 Å². The Morgan fingerprint density at radius 2 is 1.67 bits per heavy atom. The topological polar surface area (TPSA) is 68.4 Å². The van der Waals surface area contributed by atoms with Gasteiger partial charge in [-0.1, -0.05) is 52.0 Å². The monoisotopic (exact) mass is 450 g/mol. The molecule has 0 fully saturated rings. The lowest BCUT2D eigenvalue weighted by Gasteiger charge is -2.21. The van der Waals surface area contributed by atoms with Crippen LogP contribution >= 0.6 is 0 Å². The molecule has 0 atom stereocenters. The van der Waals surface area contributed by atoms with Gasteiger partial charge in [0.1, 0.15) is 11.3 Å². The summed E-state index contributed by atoms with van der Waals surface area (Å²) in [7, 11) is 1.59. The molecule has 0 spiro atoms. The number of aliphatic hydroxyl groups is 1. The summed E-state index contributed by atoms with van der Waals surface area (Å²) >= 11 is 0. The Hall–Kier alpha value is -3.25. The number of aryl methyl sites for hydroxylation is 1. The maximum Gasteiger partial charge on any atom is 0.217 e. The van der Waals surface area contributed by atoms with Gasteiger partial charge in [0.05, 0.1) is 19.4 Å². The second kappa shape index (κ2) is 11.1. The molecule has 2 aromatic heterocycles. The quantitative estimate of drug-likeness (QED) is 0.350. The molecular formula is C27H31FN2O3. The Morgan fingerprint density at radius 3 is 2.27 bits per heavy atom. The molecule has 2 aromatic carbocycles. The van der Waals surface area contributed by atoms with E-state index in [4.69, 9.17) is 14.1 Å². The number of halogens is 1. The Kier molecular flexibility index (Phi) is 8.17. The highest BCUT2D eigenvalue weighted by molar-refractivity contribution is 5.74. The summed E-state index contributed by atoms with van der Waals surface area (Å²) in [6.45, 7) is 7.87. The van der Waals surface area contributed by atoms with E-state index < -0.39 is 0 Å². The highest BCUT2D eigenvalue weighted by Gasteiger charge is 2.23. The molecule has 0 saturated heterocycles. The van der Waals surface area contributed by atoms with Gasteiger partial charge in [-0.25, -0.2) is 14.4 Å². The number of benzene rings is 2. The lowest BCUT2D eigenvalue weighted by Crippen LogP contribution is -2.10. The van der Waals surface area contributed by atoms with Crippen LogP contribution < -0.4 is 4.74 Å². The zero-order valence-electron chi connectivity index (χ0n) is 19.9. The van der Waals surface area contributed by atoms with Gasteiger partial charge in [-0.3, -0.25) is 0 Å². The molecular weight excluding hydrogens is 419 g/mol. The standard InChI is InChI=1S/C25H25FN2O3.C2H6/c1-15(2)24-19(14-29)23(16-8-10-17(26)11-9-16)18(25(28-24)30-3)12-13-22-27-20-6-4-5-7-21(20)31-22;1-2/h4-11,15,29H,12-14H2,1-3H3;1-2H3. The number of fused-ring (bicyclic) bond motifs is 1. The number of aliphatic hydroxyl groups excluding tert-OH is 1. The number of rotatable bonds is 7. The van der Waals surface area contributed by atoms with Crippen molar-refractivity contribution in [3.63, 3.8) is 0 Å². The van der Waals surface area contributed by atoms with Crippen LogP contribution in [0.5, 0.6) is 5.88 Å². The summed E-state index contributed by atoms with van der Waals surface area (Å²) in [5, 5.41) is 10.2. The summed E-state index contributed by atoms with van der Waals surface area (Å²) in [5.74, 6) is 0.886. The summed E-state index contributed by atoms with van der Waals surface area (Å²) in [5.41, 5.74) is 5.53. The van der Waals surface area contributed by atoms with Gasteiger partial charge < -0.3 is 14.3 Å². The number of para-hydroxylation sites is 2. The van der Waals surface area contributed by atoms with Crippen molar-refractivity contribution in [2.45, 2.75) is 53.1 Å². The minimum absolute atomic E-state index is 0.0846. The number of pyridine rings is 1. The van der Waals surface area contributed by atoms with E-state index in [-0.39, 0.29) is 18.3 Å². The number of aromatic nitrogens is 2. The van der Waals surface area contributed by atoms with E-state index in [9.17, 15) is 9.50 Å². The molecule has 33 heavy (non-hydrogen) atoms.